The first-order valence-electron chi connectivity index (χ1n) is 5.99. The van der Waals surface area contributed by atoms with Crippen molar-refractivity contribution in [1.82, 2.24) is 0 Å². The minimum atomic E-state index is -0.371. The van der Waals surface area contributed by atoms with Gasteiger partial charge in [0, 0.05) is 17.3 Å². The molecule has 0 heterocycles. The molecule has 0 aliphatic rings. The van der Waals surface area contributed by atoms with E-state index in [1.165, 1.54) is 26.4 Å². The molecule has 0 aromatic heterocycles. The van der Waals surface area contributed by atoms with E-state index in [0.717, 1.165) is 0 Å². The number of anilines is 1. The normalized spacial score (nSPS) is 10.3. The van der Waals surface area contributed by atoms with Crippen LogP contribution in [0.4, 0.5) is 5.69 Å². The third kappa shape index (κ3) is 2.91. The van der Waals surface area contributed by atoms with Crippen molar-refractivity contribution in [2.24, 2.45) is 0 Å². The number of carbonyl (C=O) groups excluding carboxylic acids is 1. The lowest BCUT2D eigenvalue weighted by Gasteiger charge is -2.13. The van der Waals surface area contributed by atoms with Gasteiger partial charge < -0.3 is 15.2 Å². The van der Waals surface area contributed by atoms with Crippen LogP contribution in [0.15, 0.2) is 30.3 Å². The summed E-state index contributed by atoms with van der Waals surface area (Å²) in [5.41, 5.74) is 6.63. The molecule has 4 nitrogen and oxygen atoms in total. The first-order valence-corrected chi connectivity index (χ1v) is 6.75. The topological polar surface area (TPSA) is 61.5 Å². The maximum Gasteiger partial charge on any atom is 0.198 e. The van der Waals surface area contributed by atoms with E-state index in [4.69, 9.17) is 38.4 Å². The van der Waals surface area contributed by atoms with E-state index >= 15 is 0 Å². The SMILES string of the molecule is COc1cc(N)c(C(=O)c2c(Cl)cccc2Cl)cc1OC. The molecular weight excluding hydrogens is 313 g/mol. The van der Waals surface area contributed by atoms with Crippen LogP contribution in [0.2, 0.25) is 10.0 Å². The molecule has 6 heteroatoms. The summed E-state index contributed by atoms with van der Waals surface area (Å²) >= 11 is 12.1. The summed E-state index contributed by atoms with van der Waals surface area (Å²) in [6.45, 7) is 0. The molecule has 2 aromatic carbocycles. The highest BCUT2D eigenvalue weighted by Gasteiger charge is 2.21. The summed E-state index contributed by atoms with van der Waals surface area (Å²) in [4.78, 5) is 12.6. The van der Waals surface area contributed by atoms with Gasteiger partial charge in [-0.25, -0.2) is 0 Å². The third-order valence-corrected chi connectivity index (χ3v) is 3.62. The Morgan fingerprint density at radius 3 is 2.10 bits per heavy atom. The second-order valence-electron chi connectivity index (χ2n) is 4.22. The molecule has 2 N–H and O–H groups in total. The van der Waals surface area contributed by atoms with Crippen LogP contribution >= 0.6 is 23.2 Å². The van der Waals surface area contributed by atoms with Crippen LogP contribution in [0, 0.1) is 0 Å². The second kappa shape index (κ2) is 6.24. The van der Waals surface area contributed by atoms with Gasteiger partial charge in [-0.1, -0.05) is 29.3 Å². The molecule has 0 spiro atoms. The molecule has 0 amide bonds. The summed E-state index contributed by atoms with van der Waals surface area (Å²) < 4.78 is 10.3. The highest BCUT2D eigenvalue weighted by molar-refractivity contribution is 6.41. The van der Waals surface area contributed by atoms with Crippen molar-refractivity contribution in [2.75, 3.05) is 20.0 Å². The minimum Gasteiger partial charge on any atom is -0.493 e. The van der Waals surface area contributed by atoms with Gasteiger partial charge in [0.15, 0.2) is 17.3 Å². The van der Waals surface area contributed by atoms with Crippen LogP contribution in [0.1, 0.15) is 15.9 Å². The number of ether oxygens (including phenoxy) is 2. The number of nitrogens with two attached hydrogens (primary N) is 1. The Morgan fingerprint density at radius 1 is 1.05 bits per heavy atom. The zero-order valence-electron chi connectivity index (χ0n) is 11.4. The molecule has 2 aromatic rings. The van der Waals surface area contributed by atoms with Crippen molar-refractivity contribution >= 4 is 34.7 Å². The lowest BCUT2D eigenvalue weighted by molar-refractivity contribution is 0.103. The van der Waals surface area contributed by atoms with Crippen LogP contribution in [0.25, 0.3) is 0 Å². The Kier molecular flexibility index (Phi) is 4.60. The highest BCUT2D eigenvalue weighted by Crippen LogP contribution is 2.35. The average Bonchev–Trinajstić information content (AvgIpc) is 2.46. The molecule has 2 rings (SSSR count). The van der Waals surface area contributed by atoms with Crippen molar-refractivity contribution in [3.63, 3.8) is 0 Å². The molecule has 0 aliphatic heterocycles. The first-order chi connectivity index (χ1) is 9.99. The lowest BCUT2D eigenvalue weighted by atomic mass is 10.0. The lowest BCUT2D eigenvalue weighted by Crippen LogP contribution is -2.08. The van der Waals surface area contributed by atoms with Crippen LogP contribution in [0.5, 0.6) is 11.5 Å². The van der Waals surface area contributed by atoms with E-state index in [9.17, 15) is 4.79 Å². The number of rotatable bonds is 4. The van der Waals surface area contributed by atoms with Crippen molar-refractivity contribution in [3.05, 3.63) is 51.5 Å². The molecule has 0 fully saturated rings. The number of nitrogen functional groups attached to an aromatic ring is 1. The van der Waals surface area contributed by atoms with Crippen LogP contribution < -0.4 is 15.2 Å². The first kappa shape index (κ1) is 15.5. The van der Waals surface area contributed by atoms with Gasteiger partial charge in [-0.05, 0) is 18.2 Å². The standard InChI is InChI=1S/C15H13Cl2NO3/c1-20-12-6-8(11(18)7-13(12)21-2)15(19)14-9(16)4-3-5-10(14)17/h3-7H,18H2,1-2H3. The minimum absolute atomic E-state index is 0.208. The van der Waals surface area contributed by atoms with Gasteiger partial charge in [0.1, 0.15) is 0 Å². The van der Waals surface area contributed by atoms with Crippen LogP contribution in [0.3, 0.4) is 0 Å². The number of carbonyl (C=O) groups is 1. The molecule has 0 aliphatic carbocycles. The van der Waals surface area contributed by atoms with Crippen molar-refractivity contribution in [1.29, 1.82) is 0 Å². The summed E-state index contributed by atoms with van der Waals surface area (Å²) in [7, 11) is 2.97. The van der Waals surface area contributed by atoms with Gasteiger partial charge >= 0.3 is 0 Å². The van der Waals surface area contributed by atoms with Crippen LogP contribution in [-0.4, -0.2) is 20.0 Å². The van der Waals surface area contributed by atoms with Crippen molar-refractivity contribution < 1.29 is 14.3 Å². The molecule has 0 bridgehead atoms. The Morgan fingerprint density at radius 2 is 1.57 bits per heavy atom. The summed E-state index contributed by atoms with van der Waals surface area (Å²) in [6, 6.07) is 7.89. The van der Waals surface area contributed by atoms with Crippen molar-refractivity contribution in [3.8, 4) is 11.5 Å². The molecule has 0 unspecified atom stereocenters. The summed E-state index contributed by atoms with van der Waals surface area (Å²) in [6.07, 6.45) is 0. The quantitative estimate of drug-likeness (QED) is 0.685. The van der Waals surface area contributed by atoms with Gasteiger partial charge in [0.2, 0.25) is 0 Å². The predicted molar refractivity (Wildman–Crippen MR) is 83.9 cm³/mol. The fourth-order valence-electron chi connectivity index (χ4n) is 1.94. The van der Waals surface area contributed by atoms with Gasteiger partial charge in [-0.2, -0.15) is 0 Å². The molecular formula is C15H13Cl2NO3. The fourth-order valence-corrected chi connectivity index (χ4v) is 2.51. The molecule has 0 radical (unpaired) electrons. The summed E-state index contributed by atoms with van der Waals surface area (Å²) in [5.74, 6) is 0.471. The van der Waals surface area contributed by atoms with E-state index in [-0.39, 0.29) is 32.6 Å². The Balaban J connectivity index is 2.59. The highest BCUT2D eigenvalue weighted by atomic mass is 35.5. The monoisotopic (exact) mass is 325 g/mol. The van der Waals surface area contributed by atoms with E-state index in [0.29, 0.717) is 11.5 Å². The van der Waals surface area contributed by atoms with E-state index < -0.39 is 0 Å². The Bertz CT molecular complexity index is 681. The maximum atomic E-state index is 12.6. The summed E-state index contributed by atoms with van der Waals surface area (Å²) in [5, 5.41) is 0.531. The number of halogens is 2. The van der Waals surface area contributed by atoms with Crippen molar-refractivity contribution in [2.45, 2.75) is 0 Å². The number of methoxy groups -OCH3 is 2. The zero-order valence-corrected chi connectivity index (χ0v) is 13.0. The van der Waals surface area contributed by atoms with E-state index in [1.807, 2.05) is 0 Å². The predicted octanol–water partition coefficient (Wildman–Crippen LogP) is 3.82. The number of ketones is 1. The molecule has 0 atom stereocenters. The van der Waals surface area contributed by atoms with Gasteiger partial charge in [-0.15, -0.1) is 0 Å². The zero-order chi connectivity index (χ0) is 15.6. The Labute approximate surface area is 132 Å². The average molecular weight is 326 g/mol. The Hall–Kier alpha value is -1.91. The van der Waals surface area contributed by atoms with E-state index in [2.05, 4.69) is 0 Å². The molecule has 21 heavy (non-hydrogen) atoms. The van der Waals surface area contributed by atoms with Crippen LogP contribution in [-0.2, 0) is 0 Å². The number of benzene rings is 2. The maximum absolute atomic E-state index is 12.6. The molecule has 110 valence electrons. The largest absolute Gasteiger partial charge is 0.493 e. The fraction of sp³-hybridized carbons (Fsp3) is 0.133. The van der Waals surface area contributed by atoms with Gasteiger partial charge in [0.25, 0.3) is 0 Å². The molecule has 0 saturated heterocycles. The number of hydrogen-bond donors (Lipinski definition) is 1. The van der Waals surface area contributed by atoms with E-state index in [1.54, 1.807) is 18.2 Å². The third-order valence-electron chi connectivity index (χ3n) is 2.99. The second-order valence-corrected chi connectivity index (χ2v) is 5.03. The number of hydrogen-bond acceptors (Lipinski definition) is 4. The smallest absolute Gasteiger partial charge is 0.198 e. The molecule has 0 saturated carbocycles. The van der Waals surface area contributed by atoms with Gasteiger partial charge in [-0.3, -0.25) is 4.79 Å². The van der Waals surface area contributed by atoms with Gasteiger partial charge in [0.05, 0.1) is 29.8 Å².